The molecule has 0 saturated carbocycles. The largest absolute Gasteiger partial charge is 0.315 e. The fraction of sp³-hybridized carbons (Fsp3) is 0.133. The molecule has 0 aliphatic carbocycles. The zero-order chi connectivity index (χ0) is 14.9. The van der Waals surface area contributed by atoms with Crippen LogP contribution >= 0.6 is 15.9 Å². The fourth-order valence-electron chi connectivity index (χ4n) is 1.91. The lowest BCUT2D eigenvalue weighted by molar-refractivity contribution is 0.0891. The molecule has 1 unspecified atom stereocenters. The Bertz CT molecular complexity index is 656. The number of halogens is 3. The molecule has 0 heterocycles. The average molecular weight is 340 g/mol. The van der Waals surface area contributed by atoms with Crippen LogP contribution in [0.5, 0.6) is 0 Å². The molecule has 0 bridgehead atoms. The molecule has 0 spiro atoms. The second-order valence-corrected chi connectivity index (χ2v) is 5.47. The summed E-state index contributed by atoms with van der Waals surface area (Å²) in [4.78, 5) is 12.4. The van der Waals surface area contributed by atoms with Crippen LogP contribution in [0.25, 0.3) is 0 Å². The second-order valence-electron chi connectivity index (χ2n) is 4.62. The first kappa shape index (κ1) is 14.8. The third kappa shape index (κ3) is 2.51. The smallest absolute Gasteiger partial charge is 0.192 e. The van der Waals surface area contributed by atoms with E-state index in [1.165, 1.54) is 13.0 Å². The molecule has 2 aromatic carbocycles. The van der Waals surface area contributed by atoms with E-state index in [0.717, 1.165) is 6.07 Å². The van der Waals surface area contributed by atoms with Gasteiger partial charge in [0.25, 0.3) is 0 Å². The second kappa shape index (κ2) is 5.42. The topological polar surface area (TPSA) is 43.1 Å². The molecule has 0 amide bonds. The van der Waals surface area contributed by atoms with Gasteiger partial charge in [-0.05, 0) is 40.5 Å². The number of Topliss-reactive ketones (excluding diaryl/α,β-unsaturated/α-hetero) is 1. The van der Waals surface area contributed by atoms with Gasteiger partial charge >= 0.3 is 0 Å². The summed E-state index contributed by atoms with van der Waals surface area (Å²) in [6.07, 6.45) is 0. The van der Waals surface area contributed by atoms with Crippen LogP contribution < -0.4 is 5.73 Å². The minimum Gasteiger partial charge on any atom is -0.315 e. The van der Waals surface area contributed by atoms with Crippen molar-refractivity contribution in [1.82, 2.24) is 0 Å². The summed E-state index contributed by atoms with van der Waals surface area (Å²) in [5.41, 5.74) is 4.35. The maximum atomic E-state index is 14.0. The molecular formula is C15H12BrF2NO. The highest BCUT2D eigenvalue weighted by Gasteiger charge is 2.35. The van der Waals surface area contributed by atoms with Crippen LogP contribution in [-0.2, 0) is 5.54 Å². The molecule has 0 radical (unpaired) electrons. The summed E-state index contributed by atoms with van der Waals surface area (Å²) < 4.78 is 27.8. The number of hydrogen-bond donors (Lipinski definition) is 1. The van der Waals surface area contributed by atoms with Crippen molar-refractivity contribution in [1.29, 1.82) is 0 Å². The lowest BCUT2D eigenvalue weighted by Gasteiger charge is -2.24. The number of nitrogens with two attached hydrogens (primary N) is 1. The fourth-order valence-corrected chi connectivity index (χ4v) is 2.24. The van der Waals surface area contributed by atoms with Gasteiger partial charge in [-0.25, -0.2) is 8.78 Å². The highest BCUT2D eigenvalue weighted by Crippen LogP contribution is 2.28. The Morgan fingerprint density at radius 2 is 1.75 bits per heavy atom. The Morgan fingerprint density at radius 3 is 2.35 bits per heavy atom. The highest BCUT2D eigenvalue weighted by atomic mass is 79.9. The van der Waals surface area contributed by atoms with E-state index in [0.29, 0.717) is 5.56 Å². The van der Waals surface area contributed by atoms with Crippen molar-refractivity contribution < 1.29 is 13.6 Å². The van der Waals surface area contributed by atoms with Crippen LogP contribution in [0.15, 0.2) is 46.9 Å². The van der Waals surface area contributed by atoms with E-state index in [1.807, 2.05) is 0 Å². The monoisotopic (exact) mass is 339 g/mol. The Morgan fingerprint density at radius 1 is 1.15 bits per heavy atom. The van der Waals surface area contributed by atoms with Gasteiger partial charge in [-0.1, -0.05) is 30.3 Å². The Hall–Kier alpha value is -1.59. The van der Waals surface area contributed by atoms with Crippen molar-refractivity contribution in [2.24, 2.45) is 5.73 Å². The minimum atomic E-state index is -1.51. The maximum Gasteiger partial charge on any atom is 0.192 e. The first-order valence-corrected chi connectivity index (χ1v) is 6.67. The van der Waals surface area contributed by atoms with Crippen molar-refractivity contribution >= 4 is 21.7 Å². The predicted molar refractivity (Wildman–Crippen MR) is 76.4 cm³/mol. The van der Waals surface area contributed by atoms with E-state index in [-0.39, 0.29) is 4.47 Å². The lowest BCUT2D eigenvalue weighted by atomic mass is 9.85. The standard InChI is InChI=1S/C15H12BrF2NO/c1-15(19,9-5-3-2-4-6-9)14(20)12-11(17)8-7-10(16)13(12)18/h2-8H,19H2,1H3. The molecule has 0 saturated heterocycles. The molecule has 2 aromatic rings. The molecule has 20 heavy (non-hydrogen) atoms. The Balaban J connectivity index is 2.55. The predicted octanol–water partition coefficient (Wildman–Crippen LogP) is 3.78. The Labute approximate surface area is 123 Å². The summed E-state index contributed by atoms with van der Waals surface area (Å²) in [5, 5.41) is 0. The van der Waals surface area contributed by atoms with Gasteiger partial charge in [-0.2, -0.15) is 0 Å². The summed E-state index contributed by atoms with van der Waals surface area (Å²) >= 11 is 2.94. The van der Waals surface area contributed by atoms with E-state index >= 15 is 0 Å². The van der Waals surface area contributed by atoms with Gasteiger partial charge in [0, 0.05) is 0 Å². The highest BCUT2D eigenvalue weighted by molar-refractivity contribution is 9.10. The number of carbonyl (C=O) groups excluding carboxylic acids is 1. The van der Waals surface area contributed by atoms with Gasteiger partial charge < -0.3 is 5.73 Å². The summed E-state index contributed by atoms with van der Waals surface area (Å²) in [5.74, 6) is -2.68. The molecular weight excluding hydrogens is 328 g/mol. The molecule has 2 nitrogen and oxygen atoms in total. The summed E-state index contributed by atoms with van der Waals surface area (Å²) in [7, 11) is 0. The first-order valence-electron chi connectivity index (χ1n) is 5.88. The van der Waals surface area contributed by atoms with Crippen LogP contribution in [0.3, 0.4) is 0 Å². The zero-order valence-electron chi connectivity index (χ0n) is 10.7. The van der Waals surface area contributed by atoms with Gasteiger partial charge in [0.05, 0.1) is 10.0 Å². The van der Waals surface area contributed by atoms with Gasteiger partial charge in [0.1, 0.15) is 11.4 Å². The molecule has 104 valence electrons. The van der Waals surface area contributed by atoms with Crippen LogP contribution in [-0.4, -0.2) is 5.78 Å². The van der Waals surface area contributed by atoms with Crippen LogP contribution in [0, 0.1) is 11.6 Å². The first-order chi connectivity index (χ1) is 9.35. The van der Waals surface area contributed by atoms with Crippen molar-refractivity contribution in [2.75, 3.05) is 0 Å². The number of carbonyl (C=O) groups is 1. The van der Waals surface area contributed by atoms with E-state index in [9.17, 15) is 13.6 Å². The third-order valence-corrected chi connectivity index (χ3v) is 3.73. The molecule has 5 heteroatoms. The quantitative estimate of drug-likeness (QED) is 0.683. The summed E-state index contributed by atoms with van der Waals surface area (Å²) in [6.45, 7) is 1.43. The van der Waals surface area contributed by atoms with E-state index in [2.05, 4.69) is 15.9 Å². The van der Waals surface area contributed by atoms with Crippen molar-refractivity contribution in [2.45, 2.75) is 12.5 Å². The average Bonchev–Trinajstić information content (AvgIpc) is 2.44. The third-order valence-electron chi connectivity index (χ3n) is 3.12. The van der Waals surface area contributed by atoms with E-state index in [1.54, 1.807) is 30.3 Å². The van der Waals surface area contributed by atoms with Crippen LogP contribution in [0.2, 0.25) is 0 Å². The van der Waals surface area contributed by atoms with Gasteiger partial charge in [-0.15, -0.1) is 0 Å². The van der Waals surface area contributed by atoms with E-state index < -0.39 is 28.5 Å². The van der Waals surface area contributed by atoms with Gasteiger partial charge in [0.15, 0.2) is 11.6 Å². The molecule has 2 N–H and O–H groups in total. The van der Waals surface area contributed by atoms with Crippen molar-refractivity contribution in [3.63, 3.8) is 0 Å². The minimum absolute atomic E-state index is 0.0195. The number of hydrogen-bond acceptors (Lipinski definition) is 2. The van der Waals surface area contributed by atoms with Gasteiger partial charge in [0.2, 0.25) is 0 Å². The molecule has 1 atom stereocenters. The Kier molecular flexibility index (Phi) is 4.01. The zero-order valence-corrected chi connectivity index (χ0v) is 12.2. The lowest BCUT2D eigenvalue weighted by Crippen LogP contribution is -2.42. The van der Waals surface area contributed by atoms with Crippen molar-refractivity contribution in [3.05, 3.63) is 69.7 Å². The van der Waals surface area contributed by atoms with Crippen LogP contribution in [0.4, 0.5) is 8.78 Å². The normalized spacial score (nSPS) is 13.8. The van der Waals surface area contributed by atoms with E-state index in [4.69, 9.17) is 5.73 Å². The molecule has 0 fully saturated rings. The van der Waals surface area contributed by atoms with Gasteiger partial charge in [-0.3, -0.25) is 4.79 Å². The maximum absolute atomic E-state index is 14.0. The molecule has 0 aromatic heterocycles. The number of benzene rings is 2. The number of rotatable bonds is 3. The van der Waals surface area contributed by atoms with Crippen molar-refractivity contribution in [3.8, 4) is 0 Å². The summed E-state index contributed by atoms with van der Waals surface area (Å²) in [6, 6.07) is 10.7. The van der Waals surface area contributed by atoms with Crippen LogP contribution in [0.1, 0.15) is 22.8 Å². The molecule has 0 aliphatic heterocycles. The SMILES string of the molecule is CC(N)(C(=O)c1c(F)ccc(Br)c1F)c1ccccc1. The molecule has 2 rings (SSSR count). The molecule has 0 aliphatic rings. The number of ketones is 1.